The molecule has 0 bridgehead atoms. The van der Waals surface area contributed by atoms with Crippen LogP contribution in [-0.4, -0.2) is 21.7 Å². The van der Waals surface area contributed by atoms with Gasteiger partial charge in [-0.05, 0) is 37.9 Å². The van der Waals surface area contributed by atoms with E-state index in [0.29, 0.717) is 19.0 Å². The first-order chi connectivity index (χ1) is 9.19. The molecule has 3 N–H and O–H groups in total. The van der Waals surface area contributed by atoms with E-state index in [1.807, 2.05) is 13.8 Å². The lowest BCUT2D eigenvalue weighted by molar-refractivity contribution is 0.885. The molecule has 0 unspecified atom stereocenters. The van der Waals surface area contributed by atoms with Crippen LogP contribution in [0, 0.1) is 13.8 Å². The SMILES string of the molecule is Cc1nnc(NCc2ccc(CCN)cc2)nc1C. The quantitative estimate of drug-likeness (QED) is 0.850. The molecule has 0 aliphatic carbocycles. The number of anilines is 1. The van der Waals surface area contributed by atoms with Crippen molar-refractivity contribution in [1.82, 2.24) is 15.2 Å². The van der Waals surface area contributed by atoms with Gasteiger partial charge in [-0.25, -0.2) is 4.98 Å². The average molecular weight is 257 g/mol. The summed E-state index contributed by atoms with van der Waals surface area (Å²) in [6.45, 7) is 5.19. The Morgan fingerprint density at radius 3 is 2.32 bits per heavy atom. The summed E-state index contributed by atoms with van der Waals surface area (Å²) in [6.07, 6.45) is 0.915. The van der Waals surface area contributed by atoms with E-state index in [-0.39, 0.29) is 0 Å². The molecule has 0 saturated carbocycles. The van der Waals surface area contributed by atoms with Crippen molar-refractivity contribution in [2.45, 2.75) is 26.8 Å². The van der Waals surface area contributed by atoms with Crippen molar-refractivity contribution in [3.63, 3.8) is 0 Å². The molecule has 0 spiro atoms. The van der Waals surface area contributed by atoms with Crippen molar-refractivity contribution in [2.24, 2.45) is 5.73 Å². The summed E-state index contributed by atoms with van der Waals surface area (Å²) in [4.78, 5) is 4.33. The second-order valence-electron chi connectivity index (χ2n) is 4.51. The first kappa shape index (κ1) is 13.4. The number of hydrogen-bond acceptors (Lipinski definition) is 5. The fourth-order valence-corrected chi connectivity index (χ4v) is 1.70. The number of rotatable bonds is 5. The van der Waals surface area contributed by atoms with Crippen LogP contribution in [0.2, 0.25) is 0 Å². The molecule has 0 radical (unpaired) electrons. The molecule has 0 atom stereocenters. The van der Waals surface area contributed by atoms with Gasteiger partial charge in [-0.15, -0.1) is 5.10 Å². The predicted octanol–water partition coefficient (Wildman–Crippen LogP) is 1.60. The van der Waals surface area contributed by atoms with Gasteiger partial charge in [0.2, 0.25) is 5.95 Å². The van der Waals surface area contributed by atoms with Gasteiger partial charge in [-0.2, -0.15) is 5.10 Å². The molecule has 0 amide bonds. The number of aromatic nitrogens is 3. The number of nitrogens with two attached hydrogens (primary N) is 1. The average Bonchev–Trinajstić information content (AvgIpc) is 2.42. The summed E-state index contributed by atoms with van der Waals surface area (Å²) in [5.41, 5.74) is 9.72. The lowest BCUT2D eigenvalue weighted by atomic mass is 10.1. The molecule has 1 heterocycles. The van der Waals surface area contributed by atoms with Crippen molar-refractivity contribution in [3.05, 3.63) is 46.8 Å². The van der Waals surface area contributed by atoms with Crippen LogP contribution >= 0.6 is 0 Å². The van der Waals surface area contributed by atoms with Crippen LogP contribution in [0.3, 0.4) is 0 Å². The smallest absolute Gasteiger partial charge is 0.243 e. The lowest BCUT2D eigenvalue weighted by Crippen LogP contribution is -2.07. The van der Waals surface area contributed by atoms with Gasteiger partial charge in [0.15, 0.2) is 0 Å². The van der Waals surface area contributed by atoms with E-state index in [1.54, 1.807) is 0 Å². The van der Waals surface area contributed by atoms with Gasteiger partial charge in [-0.1, -0.05) is 24.3 Å². The Balaban J connectivity index is 1.96. The monoisotopic (exact) mass is 257 g/mol. The van der Waals surface area contributed by atoms with Gasteiger partial charge < -0.3 is 11.1 Å². The summed E-state index contributed by atoms with van der Waals surface area (Å²) >= 11 is 0. The van der Waals surface area contributed by atoms with E-state index < -0.39 is 0 Å². The number of nitrogens with zero attached hydrogens (tertiary/aromatic N) is 3. The molecule has 100 valence electrons. The molecule has 5 nitrogen and oxygen atoms in total. The molecule has 5 heteroatoms. The van der Waals surface area contributed by atoms with Crippen LogP contribution < -0.4 is 11.1 Å². The molecule has 0 aliphatic heterocycles. The zero-order valence-electron chi connectivity index (χ0n) is 11.3. The number of aryl methyl sites for hydroxylation is 2. The predicted molar refractivity (Wildman–Crippen MR) is 75.8 cm³/mol. The van der Waals surface area contributed by atoms with E-state index in [0.717, 1.165) is 17.8 Å². The highest BCUT2D eigenvalue weighted by molar-refractivity contribution is 5.29. The van der Waals surface area contributed by atoms with Gasteiger partial charge in [0, 0.05) is 6.54 Å². The summed E-state index contributed by atoms with van der Waals surface area (Å²) < 4.78 is 0. The van der Waals surface area contributed by atoms with Gasteiger partial charge in [-0.3, -0.25) is 0 Å². The highest BCUT2D eigenvalue weighted by atomic mass is 15.2. The van der Waals surface area contributed by atoms with Crippen LogP contribution in [0.1, 0.15) is 22.5 Å². The molecule has 0 aliphatic rings. The first-order valence-corrected chi connectivity index (χ1v) is 6.38. The molecular formula is C14H19N5. The molecule has 0 fully saturated rings. The molecule has 0 saturated heterocycles. The van der Waals surface area contributed by atoms with E-state index >= 15 is 0 Å². The standard InChI is InChI=1S/C14H19N5/c1-10-11(2)18-19-14(17-10)16-9-13-5-3-12(4-6-13)7-8-15/h3-6H,7-9,15H2,1-2H3,(H,16,17,19). The van der Waals surface area contributed by atoms with Gasteiger partial charge in [0.1, 0.15) is 0 Å². The molecule has 1 aromatic carbocycles. The Morgan fingerprint density at radius 1 is 1.00 bits per heavy atom. The number of hydrogen-bond donors (Lipinski definition) is 2. The Bertz CT molecular complexity index is 536. The molecule has 1 aromatic heterocycles. The van der Waals surface area contributed by atoms with Crippen LogP contribution in [0.15, 0.2) is 24.3 Å². The maximum Gasteiger partial charge on any atom is 0.243 e. The lowest BCUT2D eigenvalue weighted by Gasteiger charge is -2.06. The highest BCUT2D eigenvalue weighted by Crippen LogP contribution is 2.07. The van der Waals surface area contributed by atoms with Crippen molar-refractivity contribution >= 4 is 5.95 Å². The van der Waals surface area contributed by atoms with Crippen LogP contribution in [0.5, 0.6) is 0 Å². The van der Waals surface area contributed by atoms with Gasteiger partial charge in [0.25, 0.3) is 0 Å². The Kier molecular flexibility index (Phi) is 4.41. The third-order valence-corrected chi connectivity index (χ3v) is 3.00. The number of benzene rings is 1. The molecular weight excluding hydrogens is 238 g/mol. The van der Waals surface area contributed by atoms with Crippen molar-refractivity contribution in [3.8, 4) is 0 Å². The largest absolute Gasteiger partial charge is 0.349 e. The van der Waals surface area contributed by atoms with Crippen molar-refractivity contribution in [1.29, 1.82) is 0 Å². The molecule has 2 rings (SSSR count). The second-order valence-corrected chi connectivity index (χ2v) is 4.51. The van der Waals surface area contributed by atoms with Crippen LogP contribution in [0.4, 0.5) is 5.95 Å². The third-order valence-electron chi connectivity index (χ3n) is 3.00. The highest BCUT2D eigenvalue weighted by Gasteiger charge is 2.01. The molecule has 19 heavy (non-hydrogen) atoms. The van der Waals surface area contributed by atoms with E-state index in [1.165, 1.54) is 11.1 Å². The van der Waals surface area contributed by atoms with Crippen molar-refractivity contribution < 1.29 is 0 Å². The van der Waals surface area contributed by atoms with Gasteiger partial charge >= 0.3 is 0 Å². The minimum absolute atomic E-state index is 0.564. The Morgan fingerprint density at radius 2 is 1.68 bits per heavy atom. The normalized spacial score (nSPS) is 10.5. The summed E-state index contributed by atoms with van der Waals surface area (Å²) in [5.74, 6) is 0.564. The topological polar surface area (TPSA) is 76.7 Å². The Hall–Kier alpha value is -2.01. The molecule has 2 aromatic rings. The summed E-state index contributed by atoms with van der Waals surface area (Å²) in [7, 11) is 0. The second kappa shape index (κ2) is 6.24. The maximum atomic E-state index is 5.52. The summed E-state index contributed by atoms with van der Waals surface area (Å²) in [5, 5.41) is 11.2. The van der Waals surface area contributed by atoms with E-state index in [4.69, 9.17) is 5.73 Å². The fraction of sp³-hybridized carbons (Fsp3) is 0.357. The van der Waals surface area contributed by atoms with Crippen molar-refractivity contribution in [2.75, 3.05) is 11.9 Å². The minimum atomic E-state index is 0.564. The maximum absolute atomic E-state index is 5.52. The minimum Gasteiger partial charge on any atom is -0.349 e. The number of nitrogens with one attached hydrogen (secondary N) is 1. The third kappa shape index (κ3) is 3.72. The van der Waals surface area contributed by atoms with Crippen LogP contribution in [-0.2, 0) is 13.0 Å². The zero-order chi connectivity index (χ0) is 13.7. The fourth-order valence-electron chi connectivity index (χ4n) is 1.70. The first-order valence-electron chi connectivity index (χ1n) is 6.38. The van der Waals surface area contributed by atoms with E-state index in [9.17, 15) is 0 Å². The zero-order valence-corrected chi connectivity index (χ0v) is 11.3. The van der Waals surface area contributed by atoms with Crippen LogP contribution in [0.25, 0.3) is 0 Å². The Labute approximate surface area is 113 Å². The van der Waals surface area contributed by atoms with Gasteiger partial charge in [0.05, 0.1) is 11.4 Å². The summed E-state index contributed by atoms with van der Waals surface area (Å²) in [6, 6.07) is 8.38. The van der Waals surface area contributed by atoms with E-state index in [2.05, 4.69) is 44.8 Å².